The lowest BCUT2D eigenvalue weighted by atomic mass is 9.87. The van der Waals surface area contributed by atoms with E-state index in [0.29, 0.717) is 13.0 Å². The molecule has 3 N–H and O–H groups in total. The van der Waals surface area contributed by atoms with Gasteiger partial charge in [0.05, 0.1) is 5.56 Å². The monoisotopic (exact) mass is 274 g/mol. The number of carbonyl (C=O) groups is 1. The molecule has 19 heavy (non-hydrogen) atoms. The molecule has 0 aliphatic heterocycles. The topological polar surface area (TPSA) is 55.1 Å². The van der Waals surface area contributed by atoms with Gasteiger partial charge in [0, 0.05) is 0 Å². The van der Waals surface area contributed by atoms with Crippen molar-refractivity contribution in [1.29, 1.82) is 0 Å². The van der Waals surface area contributed by atoms with Crippen molar-refractivity contribution < 1.29 is 18.0 Å². The molecule has 6 heteroatoms. The fourth-order valence-corrected chi connectivity index (χ4v) is 1.86. The molecular weight excluding hydrogens is 257 g/mol. The van der Waals surface area contributed by atoms with Crippen molar-refractivity contribution in [2.45, 2.75) is 32.0 Å². The van der Waals surface area contributed by atoms with Gasteiger partial charge in [-0.25, -0.2) is 0 Å². The maximum Gasteiger partial charge on any atom is 0.416 e. The van der Waals surface area contributed by atoms with E-state index in [4.69, 9.17) is 5.73 Å². The number of primary amides is 1. The lowest BCUT2D eigenvalue weighted by molar-refractivity contribution is -0.139. The highest BCUT2D eigenvalue weighted by molar-refractivity contribution is 5.86. The van der Waals surface area contributed by atoms with Crippen LogP contribution in [0, 0.1) is 0 Å². The van der Waals surface area contributed by atoms with Gasteiger partial charge in [-0.3, -0.25) is 10.1 Å². The summed E-state index contributed by atoms with van der Waals surface area (Å²) >= 11 is 0. The molecule has 0 radical (unpaired) electrons. The Bertz CT molecular complexity index is 459. The van der Waals surface area contributed by atoms with E-state index in [2.05, 4.69) is 5.32 Å². The zero-order valence-electron chi connectivity index (χ0n) is 10.8. The fraction of sp³-hybridized carbons (Fsp3) is 0.462. The number of alkyl halides is 3. The summed E-state index contributed by atoms with van der Waals surface area (Å²) in [6, 6.07) is 4.97. The van der Waals surface area contributed by atoms with E-state index in [1.807, 2.05) is 6.92 Å². The van der Waals surface area contributed by atoms with Crippen molar-refractivity contribution in [2.24, 2.45) is 5.73 Å². The van der Waals surface area contributed by atoms with Gasteiger partial charge in [0.2, 0.25) is 5.91 Å². The minimum atomic E-state index is -4.53. The molecule has 0 saturated heterocycles. The predicted molar refractivity (Wildman–Crippen MR) is 66.3 cm³/mol. The highest BCUT2D eigenvalue weighted by atomic mass is 19.4. The van der Waals surface area contributed by atoms with Crippen molar-refractivity contribution >= 4 is 5.91 Å². The molecule has 0 bridgehead atoms. The average Bonchev–Trinajstić information content (AvgIpc) is 2.34. The largest absolute Gasteiger partial charge is 0.416 e. The summed E-state index contributed by atoms with van der Waals surface area (Å²) in [5.74, 6) is -0.836. The first-order chi connectivity index (χ1) is 8.73. The number of amides is 1. The van der Waals surface area contributed by atoms with Crippen LogP contribution in [-0.2, 0) is 16.5 Å². The molecule has 0 saturated carbocycles. The van der Waals surface area contributed by atoms with Gasteiger partial charge in [0.15, 0.2) is 0 Å². The summed E-state index contributed by atoms with van der Waals surface area (Å²) in [7, 11) is 0. The Morgan fingerprint density at radius 3 is 2.21 bits per heavy atom. The third-order valence-corrected chi connectivity index (χ3v) is 2.99. The molecule has 3 nitrogen and oxygen atoms in total. The van der Waals surface area contributed by atoms with E-state index in [1.165, 1.54) is 25.1 Å². The number of hydrogen-bond donors (Lipinski definition) is 2. The number of hydrogen-bond acceptors (Lipinski definition) is 2. The smallest absolute Gasteiger partial charge is 0.368 e. The Labute approximate surface area is 110 Å². The first kappa shape index (κ1) is 15.5. The number of nitrogens with two attached hydrogens (primary N) is 1. The Kier molecular flexibility index (Phi) is 4.57. The maximum absolute atomic E-state index is 13.0. The van der Waals surface area contributed by atoms with E-state index in [1.54, 1.807) is 0 Å². The fourth-order valence-electron chi connectivity index (χ4n) is 1.86. The number of rotatable bonds is 5. The Morgan fingerprint density at radius 2 is 1.79 bits per heavy atom. The molecule has 1 aromatic carbocycles. The molecule has 0 aliphatic rings. The van der Waals surface area contributed by atoms with Gasteiger partial charge in [-0.1, -0.05) is 25.1 Å². The van der Waals surface area contributed by atoms with Crippen LogP contribution in [0.5, 0.6) is 0 Å². The quantitative estimate of drug-likeness (QED) is 0.866. The molecule has 0 aliphatic carbocycles. The average molecular weight is 274 g/mol. The minimum Gasteiger partial charge on any atom is -0.368 e. The van der Waals surface area contributed by atoms with Crippen LogP contribution >= 0.6 is 0 Å². The van der Waals surface area contributed by atoms with Crippen LogP contribution in [0.2, 0.25) is 0 Å². The summed E-state index contributed by atoms with van der Waals surface area (Å²) in [4.78, 5) is 11.6. The van der Waals surface area contributed by atoms with Crippen molar-refractivity contribution in [1.82, 2.24) is 5.32 Å². The molecule has 1 atom stereocenters. The highest BCUT2D eigenvalue weighted by Gasteiger charge is 2.41. The van der Waals surface area contributed by atoms with Gasteiger partial charge >= 0.3 is 6.18 Å². The van der Waals surface area contributed by atoms with Crippen molar-refractivity contribution in [3.63, 3.8) is 0 Å². The second-order valence-electron chi connectivity index (χ2n) is 4.46. The molecule has 1 amide bonds. The van der Waals surface area contributed by atoms with E-state index in [0.717, 1.165) is 6.07 Å². The Hall–Kier alpha value is -1.56. The van der Waals surface area contributed by atoms with Gasteiger partial charge in [-0.15, -0.1) is 0 Å². The van der Waals surface area contributed by atoms with Crippen LogP contribution in [0.25, 0.3) is 0 Å². The first-order valence-corrected chi connectivity index (χ1v) is 5.95. The molecule has 0 spiro atoms. The molecule has 1 aromatic rings. The van der Waals surface area contributed by atoms with E-state index < -0.39 is 23.2 Å². The van der Waals surface area contributed by atoms with Crippen LogP contribution < -0.4 is 11.1 Å². The molecule has 1 unspecified atom stereocenters. The molecule has 106 valence electrons. The van der Waals surface area contributed by atoms with Crippen molar-refractivity contribution in [3.05, 3.63) is 35.4 Å². The highest BCUT2D eigenvalue weighted by Crippen LogP contribution is 2.36. The SMILES string of the molecule is CCCNC(C)(C(N)=O)c1ccccc1C(F)(F)F. The number of benzene rings is 1. The van der Waals surface area contributed by atoms with Crippen LogP contribution in [-0.4, -0.2) is 12.5 Å². The van der Waals surface area contributed by atoms with Gasteiger partial charge in [-0.05, 0) is 31.5 Å². The van der Waals surface area contributed by atoms with E-state index >= 15 is 0 Å². The Morgan fingerprint density at radius 1 is 1.26 bits per heavy atom. The number of carbonyl (C=O) groups excluding carboxylic acids is 1. The van der Waals surface area contributed by atoms with Gasteiger partial charge in [-0.2, -0.15) is 13.2 Å². The zero-order valence-corrected chi connectivity index (χ0v) is 10.8. The van der Waals surface area contributed by atoms with Gasteiger partial charge < -0.3 is 5.73 Å². The number of nitrogens with one attached hydrogen (secondary N) is 1. The van der Waals surface area contributed by atoms with Crippen molar-refractivity contribution in [2.75, 3.05) is 6.54 Å². The summed E-state index contributed by atoms with van der Waals surface area (Å²) < 4.78 is 39.0. The molecule has 0 aromatic heterocycles. The number of halogens is 3. The molecule has 0 heterocycles. The van der Waals surface area contributed by atoms with Crippen LogP contribution in [0.4, 0.5) is 13.2 Å². The third kappa shape index (κ3) is 3.26. The summed E-state index contributed by atoms with van der Waals surface area (Å²) in [5, 5.41) is 2.80. The standard InChI is InChI=1S/C13H17F3N2O/c1-3-8-18-12(2,11(17)19)9-6-4-5-7-10(9)13(14,15)16/h4-7,18H,3,8H2,1-2H3,(H2,17,19). The Balaban J connectivity index is 3.35. The minimum absolute atomic E-state index is 0.150. The van der Waals surface area contributed by atoms with Crippen LogP contribution in [0.1, 0.15) is 31.4 Å². The normalized spacial score (nSPS) is 15.0. The molecule has 1 rings (SSSR count). The molecular formula is C13H17F3N2O. The van der Waals surface area contributed by atoms with Gasteiger partial charge in [0.25, 0.3) is 0 Å². The van der Waals surface area contributed by atoms with Gasteiger partial charge in [0.1, 0.15) is 5.54 Å². The van der Waals surface area contributed by atoms with Crippen molar-refractivity contribution in [3.8, 4) is 0 Å². The zero-order chi connectivity index (χ0) is 14.7. The maximum atomic E-state index is 13.0. The second-order valence-corrected chi connectivity index (χ2v) is 4.46. The third-order valence-electron chi connectivity index (χ3n) is 2.99. The van der Waals surface area contributed by atoms with E-state index in [-0.39, 0.29) is 5.56 Å². The summed E-state index contributed by atoms with van der Waals surface area (Å²) in [6.07, 6.45) is -3.85. The molecule has 0 fully saturated rings. The summed E-state index contributed by atoms with van der Waals surface area (Å²) in [5.41, 5.74) is 2.75. The lowest BCUT2D eigenvalue weighted by Gasteiger charge is -2.30. The lowest BCUT2D eigenvalue weighted by Crippen LogP contribution is -2.51. The van der Waals surface area contributed by atoms with E-state index in [9.17, 15) is 18.0 Å². The summed E-state index contributed by atoms with van der Waals surface area (Å²) in [6.45, 7) is 3.62. The van der Waals surface area contributed by atoms with Crippen LogP contribution in [0.3, 0.4) is 0 Å². The predicted octanol–water partition coefficient (Wildman–Crippen LogP) is 2.41. The van der Waals surface area contributed by atoms with Crippen LogP contribution in [0.15, 0.2) is 24.3 Å². The first-order valence-electron chi connectivity index (χ1n) is 5.95. The second kappa shape index (κ2) is 5.61.